The van der Waals surface area contributed by atoms with Gasteiger partial charge in [-0.1, -0.05) is 6.92 Å². The van der Waals surface area contributed by atoms with Crippen LogP contribution in [0.15, 0.2) is 12.4 Å². The molecular weight excluding hydrogens is 276 g/mol. The molecule has 0 fully saturated rings. The lowest BCUT2D eigenvalue weighted by Gasteiger charge is -2.06. The lowest BCUT2D eigenvalue weighted by atomic mass is 10.3. The van der Waals surface area contributed by atoms with E-state index in [0.29, 0.717) is 5.75 Å². The van der Waals surface area contributed by atoms with E-state index in [1.165, 1.54) is 13.1 Å². The number of rotatable bonds is 6. The molecule has 0 radical (unpaired) electrons. The van der Waals surface area contributed by atoms with Crippen LogP contribution in [-0.4, -0.2) is 31.7 Å². The van der Waals surface area contributed by atoms with E-state index in [2.05, 4.69) is 20.4 Å². The summed E-state index contributed by atoms with van der Waals surface area (Å²) in [7, 11) is 1.63. The first-order chi connectivity index (χ1) is 10.0. The number of anilines is 1. The van der Waals surface area contributed by atoms with Crippen LogP contribution in [0.4, 0.5) is 11.6 Å². The van der Waals surface area contributed by atoms with Gasteiger partial charge in [-0.25, -0.2) is 4.98 Å². The molecule has 0 amide bonds. The van der Waals surface area contributed by atoms with Gasteiger partial charge in [0.05, 0.1) is 17.3 Å². The van der Waals surface area contributed by atoms with Crippen LogP contribution < -0.4 is 10.1 Å². The van der Waals surface area contributed by atoms with E-state index in [0.717, 1.165) is 13.0 Å². The van der Waals surface area contributed by atoms with E-state index >= 15 is 0 Å². The molecule has 9 nitrogen and oxygen atoms in total. The van der Waals surface area contributed by atoms with Gasteiger partial charge in [0, 0.05) is 13.6 Å². The number of nitrogens with zero attached hydrogens (tertiary/aromatic N) is 5. The molecule has 1 N–H and O–H groups in total. The summed E-state index contributed by atoms with van der Waals surface area (Å²) in [6.07, 6.45) is 4.09. The fraction of sp³-hybridized carbons (Fsp3) is 0.417. The number of nitro groups is 1. The van der Waals surface area contributed by atoms with Crippen molar-refractivity contribution in [3.8, 4) is 11.6 Å². The lowest BCUT2D eigenvalue weighted by Crippen LogP contribution is -2.05. The fourth-order valence-corrected chi connectivity index (χ4v) is 1.79. The number of aromatic nitrogens is 4. The minimum atomic E-state index is -0.555. The molecule has 2 heterocycles. The van der Waals surface area contributed by atoms with Crippen molar-refractivity contribution >= 4 is 11.6 Å². The largest absolute Gasteiger partial charge is 0.430 e. The summed E-state index contributed by atoms with van der Waals surface area (Å²) < 4.78 is 7.21. The van der Waals surface area contributed by atoms with Crippen LogP contribution in [0.1, 0.15) is 19.0 Å². The normalized spacial score (nSPS) is 10.4. The fourth-order valence-electron chi connectivity index (χ4n) is 1.79. The highest BCUT2D eigenvalue weighted by molar-refractivity contribution is 5.50. The van der Waals surface area contributed by atoms with Crippen molar-refractivity contribution in [1.29, 1.82) is 0 Å². The summed E-state index contributed by atoms with van der Waals surface area (Å²) in [6, 6.07) is 0. The van der Waals surface area contributed by atoms with Gasteiger partial charge in [0.25, 0.3) is 0 Å². The summed E-state index contributed by atoms with van der Waals surface area (Å²) in [5.74, 6) is 0.550. The van der Waals surface area contributed by atoms with Crippen LogP contribution in [0, 0.1) is 17.0 Å². The van der Waals surface area contributed by atoms with Crippen molar-refractivity contribution in [1.82, 2.24) is 19.7 Å². The molecule has 2 rings (SSSR count). The predicted molar refractivity (Wildman–Crippen MR) is 75.6 cm³/mol. The minimum absolute atomic E-state index is 0.104. The monoisotopic (exact) mass is 292 g/mol. The van der Waals surface area contributed by atoms with Crippen molar-refractivity contribution < 1.29 is 9.66 Å². The van der Waals surface area contributed by atoms with Gasteiger partial charge < -0.3 is 10.1 Å². The van der Waals surface area contributed by atoms with Gasteiger partial charge in [0.15, 0.2) is 5.75 Å². The Morgan fingerprint density at radius 3 is 2.86 bits per heavy atom. The first-order valence-corrected chi connectivity index (χ1v) is 6.46. The maximum absolute atomic E-state index is 11.1. The van der Waals surface area contributed by atoms with E-state index < -0.39 is 4.92 Å². The zero-order valence-corrected chi connectivity index (χ0v) is 12.0. The molecule has 112 valence electrons. The van der Waals surface area contributed by atoms with Crippen molar-refractivity contribution in [3.05, 3.63) is 28.2 Å². The highest BCUT2D eigenvalue weighted by Crippen LogP contribution is 2.32. The summed E-state index contributed by atoms with van der Waals surface area (Å²) in [6.45, 7) is 4.31. The third-order valence-electron chi connectivity index (χ3n) is 2.71. The summed E-state index contributed by atoms with van der Waals surface area (Å²) in [5.41, 5.74) is -0.0208. The van der Waals surface area contributed by atoms with Crippen LogP contribution in [-0.2, 0) is 6.54 Å². The Morgan fingerprint density at radius 2 is 2.24 bits per heavy atom. The van der Waals surface area contributed by atoms with E-state index in [4.69, 9.17) is 4.74 Å². The molecule has 21 heavy (non-hydrogen) atoms. The first-order valence-electron chi connectivity index (χ1n) is 6.46. The van der Waals surface area contributed by atoms with Gasteiger partial charge in [-0.15, -0.1) is 0 Å². The maximum atomic E-state index is 11.1. The van der Waals surface area contributed by atoms with Gasteiger partial charge in [0.2, 0.25) is 5.95 Å². The standard InChI is InChI=1S/C12H16N6O3/c1-4-5-17-7-9(6-14-17)21-11-10(18(19)20)8(2)15-12(13-3)16-11/h6-7H,4-5H2,1-3H3,(H,13,15,16). The summed E-state index contributed by atoms with van der Waals surface area (Å²) >= 11 is 0. The third-order valence-corrected chi connectivity index (χ3v) is 2.71. The third kappa shape index (κ3) is 3.25. The molecule has 0 saturated heterocycles. The average Bonchev–Trinajstić information content (AvgIpc) is 2.85. The number of ether oxygens (including phenoxy) is 1. The van der Waals surface area contributed by atoms with E-state index in [9.17, 15) is 10.1 Å². The molecular formula is C12H16N6O3. The molecule has 0 bridgehead atoms. The Balaban J connectivity index is 2.36. The Hall–Kier alpha value is -2.71. The van der Waals surface area contributed by atoms with Crippen molar-refractivity contribution in [3.63, 3.8) is 0 Å². The summed E-state index contributed by atoms with van der Waals surface area (Å²) in [5, 5.41) is 18.0. The van der Waals surface area contributed by atoms with E-state index in [1.807, 2.05) is 6.92 Å². The van der Waals surface area contributed by atoms with Crippen molar-refractivity contribution in [2.45, 2.75) is 26.8 Å². The van der Waals surface area contributed by atoms with Gasteiger partial charge in [-0.2, -0.15) is 10.1 Å². The molecule has 0 aromatic carbocycles. The van der Waals surface area contributed by atoms with Gasteiger partial charge >= 0.3 is 11.6 Å². The first kappa shape index (κ1) is 14.7. The zero-order chi connectivity index (χ0) is 15.4. The quantitative estimate of drug-likeness (QED) is 0.641. The molecule has 2 aromatic rings. The molecule has 0 aliphatic carbocycles. The van der Waals surface area contributed by atoms with Crippen LogP contribution in [0.5, 0.6) is 11.6 Å². The molecule has 0 unspecified atom stereocenters. The Morgan fingerprint density at radius 1 is 1.48 bits per heavy atom. The molecule has 0 aliphatic rings. The second-order valence-electron chi connectivity index (χ2n) is 4.33. The molecule has 0 spiro atoms. The van der Waals surface area contributed by atoms with Gasteiger partial charge in [-0.3, -0.25) is 14.8 Å². The van der Waals surface area contributed by atoms with Gasteiger partial charge in [-0.05, 0) is 13.3 Å². The SMILES string of the molecule is CCCn1cc(Oc2nc(NC)nc(C)c2[N+](=O)[O-])cn1. The molecule has 0 saturated carbocycles. The molecule has 9 heteroatoms. The Kier molecular flexibility index (Phi) is 4.31. The van der Waals surface area contributed by atoms with Gasteiger partial charge in [0.1, 0.15) is 5.69 Å². The van der Waals surface area contributed by atoms with E-state index in [1.54, 1.807) is 17.9 Å². The zero-order valence-electron chi connectivity index (χ0n) is 12.0. The van der Waals surface area contributed by atoms with Crippen LogP contribution in [0.2, 0.25) is 0 Å². The highest BCUT2D eigenvalue weighted by atomic mass is 16.6. The Bertz CT molecular complexity index is 654. The van der Waals surface area contributed by atoms with Crippen molar-refractivity contribution in [2.75, 3.05) is 12.4 Å². The maximum Gasteiger partial charge on any atom is 0.352 e. The number of hydrogen-bond donors (Lipinski definition) is 1. The minimum Gasteiger partial charge on any atom is -0.430 e. The number of nitrogens with one attached hydrogen (secondary N) is 1. The van der Waals surface area contributed by atoms with Crippen LogP contribution in [0.25, 0.3) is 0 Å². The second-order valence-corrected chi connectivity index (χ2v) is 4.33. The van der Waals surface area contributed by atoms with E-state index in [-0.39, 0.29) is 23.2 Å². The molecule has 2 aromatic heterocycles. The van der Waals surface area contributed by atoms with Crippen LogP contribution >= 0.6 is 0 Å². The second kappa shape index (κ2) is 6.16. The number of aryl methyl sites for hydroxylation is 2. The predicted octanol–water partition coefficient (Wildman–Crippen LogP) is 2.13. The highest BCUT2D eigenvalue weighted by Gasteiger charge is 2.24. The number of hydrogen-bond acceptors (Lipinski definition) is 7. The average molecular weight is 292 g/mol. The topological polar surface area (TPSA) is 108 Å². The summed E-state index contributed by atoms with van der Waals surface area (Å²) in [4.78, 5) is 18.6. The molecule has 0 atom stereocenters. The van der Waals surface area contributed by atoms with Crippen LogP contribution in [0.3, 0.4) is 0 Å². The Labute approximate surface area is 121 Å². The lowest BCUT2D eigenvalue weighted by molar-refractivity contribution is -0.386. The smallest absolute Gasteiger partial charge is 0.352 e. The molecule has 0 aliphatic heterocycles. The van der Waals surface area contributed by atoms with Crippen molar-refractivity contribution in [2.24, 2.45) is 0 Å².